The first-order valence-corrected chi connectivity index (χ1v) is 15.0. The second-order valence-corrected chi connectivity index (χ2v) is 11.9. The van der Waals surface area contributed by atoms with Gasteiger partial charge in [-0.1, -0.05) is 139 Å². The first-order chi connectivity index (χ1) is 18.4. The van der Waals surface area contributed by atoms with Crippen molar-refractivity contribution in [3.8, 4) is 34.5 Å². The summed E-state index contributed by atoms with van der Waals surface area (Å²) in [4.78, 5) is 21.6. The van der Waals surface area contributed by atoms with Gasteiger partial charge >= 0.3 is 7.82 Å². The van der Waals surface area contributed by atoms with Gasteiger partial charge in [-0.15, -0.1) is 0 Å². The van der Waals surface area contributed by atoms with Crippen LogP contribution in [0.25, 0.3) is 0 Å². The van der Waals surface area contributed by atoms with Crippen LogP contribution >= 0.6 is 147 Å². The molecule has 3 aromatic carbocycles. The minimum Gasteiger partial charge on any atom is -0.503 e. The zero-order chi connectivity index (χ0) is 32.9. The van der Waals surface area contributed by atoms with E-state index in [0.717, 1.165) is 0 Å². The monoisotopic (exact) mass is 836 g/mol. The lowest BCUT2D eigenvalue weighted by atomic mass is 10.3. The second kappa shape index (κ2) is 16.9. The van der Waals surface area contributed by atoms with Gasteiger partial charge in [-0.05, 0) is 0 Å². The van der Waals surface area contributed by atoms with Crippen LogP contribution in [0.5, 0.6) is 34.5 Å². The Morgan fingerprint density at radius 3 is 0.439 bits per heavy atom. The molecular formula is C18H9Cl12O10P. The molecule has 0 aliphatic carbocycles. The Morgan fingerprint density at radius 1 is 0.293 bits per heavy atom. The molecule has 0 saturated carbocycles. The Hall–Kier alpha value is 0.0500. The SMILES string of the molecule is O=P(O)(O)O.Oc1c(O)c(Cl)c(Cl)c(Cl)c1Cl.Oc1c(O)c(Cl)c(Cl)c(Cl)c1Cl.Oc1c(O)c(Cl)c(Cl)c(Cl)c1Cl. The van der Waals surface area contributed by atoms with E-state index < -0.39 is 42.3 Å². The fourth-order valence-electron chi connectivity index (χ4n) is 1.83. The summed E-state index contributed by atoms with van der Waals surface area (Å²) in [5, 5.41) is 52.7. The van der Waals surface area contributed by atoms with E-state index in [0.29, 0.717) is 0 Å². The molecule has 0 spiro atoms. The van der Waals surface area contributed by atoms with Crippen LogP contribution < -0.4 is 0 Å². The summed E-state index contributed by atoms with van der Waals surface area (Å²) in [6.45, 7) is 0. The van der Waals surface area contributed by atoms with Gasteiger partial charge in [0.25, 0.3) is 0 Å². The molecule has 0 amide bonds. The fraction of sp³-hybridized carbons (Fsp3) is 0. The number of hydrogen-bond acceptors (Lipinski definition) is 7. The van der Waals surface area contributed by atoms with Gasteiger partial charge in [0.2, 0.25) is 0 Å². The van der Waals surface area contributed by atoms with Gasteiger partial charge in [-0.2, -0.15) is 0 Å². The van der Waals surface area contributed by atoms with Crippen LogP contribution in [0.2, 0.25) is 60.3 Å². The highest BCUT2D eigenvalue weighted by Gasteiger charge is 2.20. The molecule has 0 aliphatic rings. The van der Waals surface area contributed by atoms with Crippen molar-refractivity contribution in [1.29, 1.82) is 0 Å². The molecule has 0 aliphatic heterocycles. The van der Waals surface area contributed by atoms with Gasteiger partial charge in [-0.3, -0.25) is 0 Å². The minimum absolute atomic E-state index is 0.0846. The average Bonchev–Trinajstić information content (AvgIpc) is 2.91. The first-order valence-electron chi connectivity index (χ1n) is 8.89. The number of benzene rings is 3. The van der Waals surface area contributed by atoms with E-state index in [4.69, 9.17) is 189 Å². The van der Waals surface area contributed by atoms with Crippen molar-refractivity contribution >= 4 is 147 Å². The molecule has 41 heavy (non-hydrogen) atoms. The molecule has 23 heteroatoms. The van der Waals surface area contributed by atoms with Gasteiger partial charge in [-0.25, -0.2) is 4.57 Å². The maximum atomic E-state index is 9.08. The summed E-state index contributed by atoms with van der Waals surface area (Å²) in [6, 6.07) is 0. The van der Waals surface area contributed by atoms with E-state index in [1.807, 2.05) is 0 Å². The molecule has 3 rings (SSSR count). The van der Waals surface area contributed by atoms with E-state index in [9.17, 15) is 0 Å². The normalized spacial score (nSPS) is 10.5. The first kappa shape index (κ1) is 41.0. The summed E-state index contributed by atoms with van der Waals surface area (Å²) in [5.41, 5.74) is 0. The third-order valence-electron chi connectivity index (χ3n) is 3.65. The number of rotatable bonds is 0. The van der Waals surface area contributed by atoms with Crippen molar-refractivity contribution in [2.75, 3.05) is 0 Å². The quantitative estimate of drug-likeness (QED) is 0.0454. The summed E-state index contributed by atoms with van der Waals surface area (Å²) in [7, 11) is -4.64. The molecule has 0 fully saturated rings. The predicted octanol–water partition coefficient (Wildman–Crippen LogP) is 10.2. The number of hydrogen-bond donors (Lipinski definition) is 9. The van der Waals surface area contributed by atoms with Crippen molar-refractivity contribution < 1.29 is 49.9 Å². The summed E-state index contributed by atoms with van der Waals surface area (Å²) in [5.74, 6) is -3.44. The molecule has 10 nitrogen and oxygen atoms in total. The highest BCUT2D eigenvalue weighted by atomic mass is 35.5. The predicted molar refractivity (Wildman–Crippen MR) is 164 cm³/mol. The van der Waals surface area contributed by atoms with Gasteiger partial charge in [0, 0.05) is 0 Å². The van der Waals surface area contributed by atoms with Gasteiger partial charge < -0.3 is 45.3 Å². The lowest BCUT2D eigenvalue weighted by Gasteiger charge is -2.06. The van der Waals surface area contributed by atoms with E-state index in [-0.39, 0.29) is 60.3 Å². The molecule has 0 unspecified atom stereocenters. The Labute approximate surface area is 289 Å². The lowest BCUT2D eigenvalue weighted by Crippen LogP contribution is -1.78. The molecule has 0 heterocycles. The maximum absolute atomic E-state index is 9.08. The molecule has 0 bridgehead atoms. The van der Waals surface area contributed by atoms with Crippen LogP contribution in [-0.2, 0) is 4.57 Å². The second-order valence-electron chi connectivity index (χ2n) is 6.37. The zero-order valence-corrected chi connectivity index (χ0v) is 28.4. The highest BCUT2D eigenvalue weighted by molar-refractivity contribution is 7.45. The number of aromatic hydroxyl groups is 6. The van der Waals surface area contributed by atoms with Crippen molar-refractivity contribution in [1.82, 2.24) is 0 Å². The number of phenolic OH excluding ortho intramolecular Hbond substituents is 6. The standard InChI is InChI=1S/3C6H2Cl4O2.H3O4P/c3*7-1-2(8)4(10)6(12)5(11)3(1)9;1-5(2,3)4/h3*11-12H;(H3,1,2,3,4). The van der Waals surface area contributed by atoms with E-state index in [2.05, 4.69) is 0 Å². The Balaban J connectivity index is 0.000000541. The molecule has 0 radical (unpaired) electrons. The Bertz CT molecular complexity index is 1010. The van der Waals surface area contributed by atoms with Crippen molar-refractivity contribution in [2.45, 2.75) is 0 Å². The Morgan fingerprint density at radius 2 is 0.366 bits per heavy atom. The largest absolute Gasteiger partial charge is 0.503 e. The average molecular weight is 842 g/mol. The van der Waals surface area contributed by atoms with E-state index >= 15 is 0 Å². The Kier molecular flexibility index (Phi) is 17.0. The van der Waals surface area contributed by atoms with Crippen LogP contribution in [0.1, 0.15) is 0 Å². The molecule has 0 atom stereocenters. The van der Waals surface area contributed by atoms with Crippen molar-refractivity contribution in [2.24, 2.45) is 0 Å². The van der Waals surface area contributed by atoms with E-state index in [1.54, 1.807) is 0 Å². The number of halogens is 12. The topological polar surface area (TPSA) is 199 Å². The fourth-order valence-corrected chi connectivity index (χ4v) is 4.32. The van der Waals surface area contributed by atoms with E-state index in [1.165, 1.54) is 0 Å². The molecule has 230 valence electrons. The number of phenols is 6. The van der Waals surface area contributed by atoms with Gasteiger partial charge in [0.1, 0.15) is 30.1 Å². The van der Waals surface area contributed by atoms with Gasteiger partial charge in [0.05, 0.1) is 30.1 Å². The molecule has 9 N–H and O–H groups in total. The summed E-state index contributed by atoms with van der Waals surface area (Å²) >= 11 is 66.1. The van der Waals surface area contributed by atoms with Crippen LogP contribution in [-0.4, -0.2) is 45.3 Å². The minimum atomic E-state index is -4.64. The molecule has 3 aromatic rings. The maximum Gasteiger partial charge on any atom is 0.466 e. The highest BCUT2D eigenvalue weighted by Crippen LogP contribution is 2.50. The summed E-state index contributed by atoms with van der Waals surface area (Å²) in [6.07, 6.45) is 0. The summed E-state index contributed by atoms with van der Waals surface area (Å²) < 4.78 is 8.88. The van der Waals surface area contributed by atoms with Crippen LogP contribution in [0.3, 0.4) is 0 Å². The van der Waals surface area contributed by atoms with Crippen molar-refractivity contribution in [3.05, 3.63) is 60.3 Å². The zero-order valence-electron chi connectivity index (χ0n) is 18.4. The molecule has 0 saturated heterocycles. The lowest BCUT2D eigenvalue weighted by molar-refractivity contribution is 0.275. The molecular weight excluding hydrogens is 833 g/mol. The van der Waals surface area contributed by atoms with Crippen LogP contribution in [0.15, 0.2) is 0 Å². The van der Waals surface area contributed by atoms with Gasteiger partial charge in [0.15, 0.2) is 34.5 Å². The number of phosphoric acid groups is 1. The van der Waals surface area contributed by atoms with Crippen LogP contribution in [0.4, 0.5) is 0 Å². The van der Waals surface area contributed by atoms with Crippen LogP contribution in [0, 0.1) is 0 Å². The molecule has 0 aromatic heterocycles. The smallest absolute Gasteiger partial charge is 0.466 e. The third kappa shape index (κ3) is 11.2. The third-order valence-corrected chi connectivity index (χ3v) is 9.00. The van der Waals surface area contributed by atoms with Crippen molar-refractivity contribution in [3.63, 3.8) is 0 Å².